The average Bonchev–Trinajstić information content (AvgIpc) is 2.42. The fraction of sp³-hybridized carbons (Fsp3) is 1.00. The van der Waals surface area contributed by atoms with E-state index in [0.29, 0.717) is 0 Å². The van der Waals surface area contributed by atoms with E-state index in [1.165, 1.54) is 90.1 Å². The first kappa shape index (κ1) is 25.4. The molecule has 0 aliphatic carbocycles. The molecule has 0 heterocycles. The van der Waals surface area contributed by atoms with Gasteiger partial charge in [-0.2, -0.15) is 0 Å². The van der Waals surface area contributed by atoms with E-state index >= 15 is 0 Å². The third-order valence-corrected chi connectivity index (χ3v) is 3.41. The van der Waals surface area contributed by atoms with Crippen molar-refractivity contribution >= 4 is 46.4 Å². The van der Waals surface area contributed by atoms with E-state index in [1.54, 1.807) is 0 Å². The zero-order valence-corrected chi connectivity index (χ0v) is 17.4. The predicted molar refractivity (Wildman–Crippen MR) is 106 cm³/mol. The lowest BCUT2D eigenvalue weighted by Crippen LogP contribution is -2.16. The molecule has 0 aromatic heterocycles. The summed E-state index contributed by atoms with van der Waals surface area (Å²) in [5, 5.41) is 3.57. The summed E-state index contributed by atoms with van der Waals surface area (Å²) in [5.74, 6) is 0. The van der Waals surface area contributed by atoms with Gasteiger partial charge in [-0.15, -0.1) is 0 Å². The van der Waals surface area contributed by atoms with E-state index < -0.39 is 3.25 Å². The summed E-state index contributed by atoms with van der Waals surface area (Å²) in [7, 11) is 0. The number of halogens is 4. The smallest absolute Gasteiger partial charge is 0.266 e. The number of hydrogen-bond donors (Lipinski definition) is 1. The van der Waals surface area contributed by atoms with Crippen LogP contribution in [0.5, 0.6) is 0 Å². The normalized spacial score (nSPS) is 11.2. The topological polar surface area (TPSA) is 12.0 Å². The Kier molecular flexibility index (Phi) is 23.2. The molecule has 22 heavy (non-hydrogen) atoms. The van der Waals surface area contributed by atoms with Crippen LogP contribution in [0.15, 0.2) is 0 Å². The summed E-state index contributed by atoms with van der Waals surface area (Å²) in [4.78, 5) is 0. The van der Waals surface area contributed by atoms with Crippen LogP contribution in [0.1, 0.15) is 90.9 Å². The molecule has 0 aliphatic heterocycles. The highest BCUT2D eigenvalue weighted by molar-refractivity contribution is 6.83. The first-order valence-corrected chi connectivity index (χ1v) is 10.4. The zero-order chi connectivity index (χ0) is 17.1. The van der Waals surface area contributed by atoms with Crippen LogP contribution in [-0.4, -0.2) is 16.3 Å². The van der Waals surface area contributed by atoms with E-state index in [9.17, 15) is 0 Å². The van der Waals surface area contributed by atoms with Crippen LogP contribution in [0, 0.1) is 0 Å². The summed E-state index contributed by atoms with van der Waals surface area (Å²) in [6.07, 6.45) is 16.9. The minimum absolute atomic E-state index is 1.24. The van der Waals surface area contributed by atoms with Crippen LogP contribution in [0.2, 0.25) is 0 Å². The number of alkyl halides is 4. The number of hydrogen-bond acceptors (Lipinski definition) is 1. The van der Waals surface area contributed by atoms with E-state index in [1.807, 2.05) is 0 Å². The molecule has 136 valence electrons. The second-order valence-electron chi connectivity index (χ2n) is 5.71. The fourth-order valence-electron chi connectivity index (χ4n) is 2.19. The standard InChI is InChI=1S/C16H35N.CCl4/c1-3-5-7-9-11-13-15-17-16-14-12-10-8-6-4-2;2-1(3,4)5/h17H,3-16H2,1-2H3;. The van der Waals surface area contributed by atoms with Crippen LogP contribution < -0.4 is 5.32 Å². The van der Waals surface area contributed by atoms with Gasteiger partial charge in [0.15, 0.2) is 0 Å². The van der Waals surface area contributed by atoms with Crippen molar-refractivity contribution in [1.82, 2.24) is 5.32 Å². The van der Waals surface area contributed by atoms with Crippen molar-refractivity contribution in [2.45, 2.75) is 94.1 Å². The van der Waals surface area contributed by atoms with Crippen molar-refractivity contribution in [3.05, 3.63) is 0 Å². The summed E-state index contributed by atoms with van der Waals surface area (Å²) in [6.45, 7) is 7.03. The summed E-state index contributed by atoms with van der Waals surface area (Å²) < 4.78 is -1.61. The van der Waals surface area contributed by atoms with Crippen molar-refractivity contribution in [2.24, 2.45) is 0 Å². The van der Waals surface area contributed by atoms with Gasteiger partial charge in [0.25, 0.3) is 3.25 Å². The molecule has 0 fully saturated rings. The highest BCUT2D eigenvalue weighted by Gasteiger charge is 2.11. The molecule has 0 rings (SSSR count). The lowest BCUT2D eigenvalue weighted by atomic mass is 10.1. The molecule has 0 atom stereocenters. The Balaban J connectivity index is 0. The van der Waals surface area contributed by atoms with Crippen LogP contribution in [0.25, 0.3) is 0 Å². The Morgan fingerprint density at radius 1 is 0.545 bits per heavy atom. The van der Waals surface area contributed by atoms with Crippen LogP contribution in [0.4, 0.5) is 0 Å². The molecule has 0 saturated carbocycles. The monoisotopic (exact) mass is 393 g/mol. The molecule has 0 aromatic rings. The zero-order valence-electron chi connectivity index (χ0n) is 14.4. The molecule has 0 aromatic carbocycles. The minimum atomic E-state index is -1.61. The molecule has 1 nitrogen and oxygen atoms in total. The summed E-state index contributed by atoms with van der Waals surface area (Å²) in [5.41, 5.74) is 0. The molecule has 0 unspecified atom stereocenters. The fourth-order valence-corrected chi connectivity index (χ4v) is 2.19. The summed E-state index contributed by atoms with van der Waals surface area (Å²) >= 11 is 19.3. The maximum Gasteiger partial charge on any atom is 0.266 e. The average molecular weight is 395 g/mol. The van der Waals surface area contributed by atoms with Crippen LogP contribution in [-0.2, 0) is 0 Å². The second kappa shape index (κ2) is 20.2. The molecular weight excluding hydrogens is 360 g/mol. The Morgan fingerprint density at radius 3 is 1.14 bits per heavy atom. The van der Waals surface area contributed by atoms with Crippen molar-refractivity contribution in [3.63, 3.8) is 0 Å². The van der Waals surface area contributed by atoms with Crippen LogP contribution >= 0.6 is 46.4 Å². The molecule has 0 aliphatic rings. The summed E-state index contributed by atoms with van der Waals surface area (Å²) in [6, 6.07) is 0. The molecular formula is C17H35Cl4N. The predicted octanol–water partition coefficient (Wildman–Crippen LogP) is 7.85. The van der Waals surface area contributed by atoms with E-state index in [2.05, 4.69) is 19.2 Å². The Morgan fingerprint density at radius 2 is 0.818 bits per heavy atom. The van der Waals surface area contributed by atoms with Crippen molar-refractivity contribution in [2.75, 3.05) is 13.1 Å². The van der Waals surface area contributed by atoms with Gasteiger partial charge in [0.1, 0.15) is 0 Å². The lowest BCUT2D eigenvalue weighted by Gasteiger charge is -2.04. The lowest BCUT2D eigenvalue weighted by molar-refractivity contribution is 0.543. The highest BCUT2D eigenvalue weighted by atomic mass is 35.6. The Bertz CT molecular complexity index is 176. The van der Waals surface area contributed by atoms with Gasteiger partial charge in [0.05, 0.1) is 0 Å². The van der Waals surface area contributed by atoms with Gasteiger partial charge in [0.2, 0.25) is 0 Å². The minimum Gasteiger partial charge on any atom is -0.317 e. The molecule has 0 spiro atoms. The third-order valence-electron chi connectivity index (χ3n) is 3.41. The van der Waals surface area contributed by atoms with Gasteiger partial charge >= 0.3 is 0 Å². The maximum absolute atomic E-state index is 4.83. The first-order valence-electron chi connectivity index (χ1n) is 8.88. The largest absolute Gasteiger partial charge is 0.317 e. The second-order valence-corrected chi connectivity index (χ2v) is 9.14. The van der Waals surface area contributed by atoms with E-state index in [0.717, 1.165) is 0 Å². The van der Waals surface area contributed by atoms with Gasteiger partial charge in [0, 0.05) is 0 Å². The van der Waals surface area contributed by atoms with Crippen LogP contribution in [0.3, 0.4) is 0 Å². The first-order chi connectivity index (χ1) is 10.4. The van der Waals surface area contributed by atoms with Gasteiger partial charge in [-0.1, -0.05) is 124 Å². The SMILES string of the molecule is CCCCCCCCNCCCCCCCC.ClC(Cl)(Cl)Cl. The maximum atomic E-state index is 4.83. The molecule has 0 amide bonds. The van der Waals surface area contributed by atoms with Gasteiger partial charge in [-0.25, -0.2) is 0 Å². The Labute approximate surface area is 158 Å². The van der Waals surface area contributed by atoms with Crippen molar-refractivity contribution < 1.29 is 0 Å². The van der Waals surface area contributed by atoms with Gasteiger partial charge in [-0.05, 0) is 25.9 Å². The molecule has 0 radical (unpaired) electrons. The third kappa shape index (κ3) is 37.4. The van der Waals surface area contributed by atoms with E-state index in [-0.39, 0.29) is 0 Å². The highest BCUT2D eigenvalue weighted by Crippen LogP contribution is 2.29. The Hall–Kier alpha value is 1.12. The number of unbranched alkanes of at least 4 members (excludes halogenated alkanes) is 10. The number of nitrogens with one attached hydrogen (secondary N) is 1. The molecule has 0 saturated heterocycles. The molecule has 5 heteroatoms. The van der Waals surface area contributed by atoms with Crippen molar-refractivity contribution in [1.29, 1.82) is 0 Å². The molecule has 0 bridgehead atoms. The van der Waals surface area contributed by atoms with Gasteiger partial charge in [-0.3, -0.25) is 0 Å². The quantitative estimate of drug-likeness (QED) is 0.233. The van der Waals surface area contributed by atoms with E-state index in [4.69, 9.17) is 46.4 Å². The van der Waals surface area contributed by atoms with Crippen molar-refractivity contribution in [3.8, 4) is 0 Å². The molecule has 1 N–H and O–H groups in total. The van der Waals surface area contributed by atoms with Gasteiger partial charge < -0.3 is 5.32 Å². The number of rotatable bonds is 14.